The summed E-state index contributed by atoms with van der Waals surface area (Å²) in [5, 5.41) is 0. The van der Waals surface area contributed by atoms with Crippen LogP contribution in [0.1, 0.15) is 24.5 Å². The van der Waals surface area contributed by atoms with Gasteiger partial charge in [-0.25, -0.2) is 0 Å². The summed E-state index contributed by atoms with van der Waals surface area (Å²) in [7, 11) is 0. The number of benzene rings is 2. The highest BCUT2D eigenvalue weighted by Gasteiger charge is 2.14. The maximum atomic E-state index is 12.7. The van der Waals surface area contributed by atoms with Gasteiger partial charge in [0.25, 0.3) is 5.91 Å². The van der Waals surface area contributed by atoms with Gasteiger partial charge in [-0.3, -0.25) is 4.79 Å². The Morgan fingerprint density at radius 3 is 2.29 bits per heavy atom. The average Bonchev–Trinajstić information content (AvgIpc) is 2.64. The molecule has 0 atom stereocenters. The van der Waals surface area contributed by atoms with Crippen LogP contribution in [0.15, 0.2) is 85.5 Å². The average molecular weight is 317 g/mol. The Labute approximate surface area is 144 Å². The highest BCUT2D eigenvalue weighted by Crippen LogP contribution is 2.18. The Hall–Kier alpha value is -2.87. The summed E-state index contributed by atoms with van der Waals surface area (Å²) < 4.78 is 0. The molecular formula is C22H23NO. The van der Waals surface area contributed by atoms with Crippen molar-refractivity contribution in [3.8, 4) is 0 Å². The van der Waals surface area contributed by atoms with Gasteiger partial charge in [-0.2, -0.15) is 0 Å². The molecule has 0 saturated heterocycles. The molecule has 0 fully saturated rings. The second kappa shape index (κ2) is 9.31. The third kappa shape index (κ3) is 5.10. The maximum absolute atomic E-state index is 12.7. The first-order chi connectivity index (χ1) is 11.7. The van der Waals surface area contributed by atoms with Gasteiger partial charge in [0.1, 0.15) is 0 Å². The van der Waals surface area contributed by atoms with Crippen LogP contribution in [0.25, 0.3) is 11.8 Å². The van der Waals surface area contributed by atoms with Crippen molar-refractivity contribution >= 4 is 17.7 Å². The van der Waals surface area contributed by atoms with E-state index in [0.29, 0.717) is 6.54 Å². The molecule has 1 amide bonds. The van der Waals surface area contributed by atoms with Gasteiger partial charge in [0.15, 0.2) is 0 Å². The van der Waals surface area contributed by atoms with Gasteiger partial charge in [0.2, 0.25) is 0 Å². The number of hydrogen-bond acceptors (Lipinski definition) is 1. The molecule has 2 aromatic rings. The molecule has 2 nitrogen and oxygen atoms in total. The van der Waals surface area contributed by atoms with Crippen LogP contribution in [-0.2, 0) is 4.79 Å². The van der Waals surface area contributed by atoms with Crippen LogP contribution in [0.3, 0.4) is 0 Å². The lowest BCUT2D eigenvalue weighted by Crippen LogP contribution is -2.28. The molecule has 0 unspecified atom stereocenters. The van der Waals surface area contributed by atoms with E-state index >= 15 is 0 Å². The molecule has 0 bridgehead atoms. The summed E-state index contributed by atoms with van der Waals surface area (Å²) in [4.78, 5) is 14.4. The molecule has 122 valence electrons. The summed E-state index contributed by atoms with van der Waals surface area (Å²) in [6, 6.07) is 19.6. The number of amides is 1. The quantitative estimate of drug-likeness (QED) is 0.510. The Morgan fingerprint density at radius 1 is 1.04 bits per heavy atom. The number of allylic oxidation sites excluding steroid dienone is 1. The molecule has 2 aromatic carbocycles. The van der Waals surface area contributed by atoms with E-state index in [9.17, 15) is 4.79 Å². The summed E-state index contributed by atoms with van der Waals surface area (Å²) >= 11 is 0. The molecule has 0 heterocycles. The standard InChI is InChI=1S/C22H23NO/c1-3-4-11-18-23(19(2)21-14-9-6-10-15-21)22(24)17-16-20-12-7-5-8-13-20/h3-10,12-17H,2,11,18H2,1H3/b4-3+,17-16+. The fourth-order valence-corrected chi connectivity index (χ4v) is 2.36. The molecule has 0 aliphatic heterocycles. The van der Waals surface area contributed by atoms with Gasteiger partial charge in [0.05, 0.1) is 0 Å². The third-order valence-corrected chi connectivity index (χ3v) is 3.67. The maximum Gasteiger partial charge on any atom is 0.250 e. The van der Waals surface area contributed by atoms with Gasteiger partial charge >= 0.3 is 0 Å². The molecule has 0 spiro atoms. The fourth-order valence-electron chi connectivity index (χ4n) is 2.36. The Kier molecular flexibility index (Phi) is 6.78. The first kappa shape index (κ1) is 17.5. The number of hydrogen-bond donors (Lipinski definition) is 0. The second-order valence-electron chi connectivity index (χ2n) is 5.40. The van der Waals surface area contributed by atoms with Crippen LogP contribution in [0.5, 0.6) is 0 Å². The van der Waals surface area contributed by atoms with E-state index in [2.05, 4.69) is 12.7 Å². The van der Waals surface area contributed by atoms with Crippen molar-refractivity contribution in [1.82, 2.24) is 4.90 Å². The minimum absolute atomic E-state index is 0.0581. The minimum Gasteiger partial charge on any atom is -0.309 e. The largest absolute Gasteiger partial charge is 0.309 e. The van der Waals surface area contributed by atoms with E-state index in [-0.39, 0.29) is 5.91 Å². The SMILES string of the molecule is C=C(c1ccccc1)N(CC/C=C/C)C(=O)/C=C/c1ccccc1. The molecule has 24 heavy (non-hydrogen) atoms. The van der Waals surface area contributed by atoms with Crippen molar-refractivity contribution in [3.63, 3.8) is 0 Å². The van der Waals surface area contributed by atoms with Crippen molar-refractivity contribution < 1.29 is 4.79 Å². The number of rotatable bonds is 7. The normalized spacial score (nSPS) is 11.0. The van der Waals surface area contributed by atoms with Crippen LogP contribution in [0.2, 0.25) is 0 Å². The topological polar surface area (TPSA) is 20.3 Å². The smallest absolute Gasteiger partial charge is 0.250 e. The molecule has 2 heteroatoms. The second-order valence-corrected chi connectivity index (χ2v) is 5.40. The zero-order valence-electron chi connectivity index (χ0n) is 14.1. The predicted octanol–water partition coefficient (Wildman–Crippen LogP) is 5.17. The number of carbonyl (C=O) groups is 1. The molecule has 0 N–H and O–H groups in total. The highest BCUT2D eigenvalue weighted by atomic mass is 16.2. The van der Waals surface area contributed by atoms with Gasteiger partial charge in [-0.15, -0.1) is 0 Å². The first-order valence-electron chi connectivity index (χ1n) is 8.12. The molecule has 0 saturated carbocycles. The lowest BCUT2D eigenvalue weighted by molar-refractivity contribution is -0.122. The van der Waals surface area contributed by atoms with Gasteiger partial charge in [-0.1, -0.05) is 79.4 Å². The van der Waals surface area contributed by atoms with Gasteiger partial charge in [0, 0.05) is 18.3 Å². The van der Waals surface area contributed by atoms with Gasteiger partial charge in [-0.05, 0) is 30.5 Å². The Morgan fingerprint density at radius 2 is 1.67 bits per heavy atom. The fraction of sp³-hybridized carbons (Fsp3) is 0.136. The summed E-state index contributed by atoms with van der Waals surface area (Å²) in [5.41, 5.74) is 2.69. The van der Waals surface area contributed by atoms with Crippen molar-refractivity contribution in [2.24, 2.45) is 0 Å². The zero-order valence-corrected chi connectivity index (χ0v) is 14.1. The van der Waals surface area contributed by atoms with Crippen LogP contribution >= 0.6 is 0 Å². The third-order valence-electron chi connectivity index (χ3n) is 3.67. The summed E-state index contributed by atoms with van der Waals surface area (Å²) in [6.45, 7) is 6.71. The van der Waals surface area contributed by atoms with E-state index in [0.717, 1.165) is 23.2 Å². The van der Waals surface area contributed by atoms with Gasteiger partial charge < -0.3 is 4.90 Å². The molecule has 0 aliphatic carbocycles. The summed E-state index contributed by atoms with van der Waals surface area (Å²) in [6.07, 6.45) is 8.29. The highest BCUT2D eigenvalue weighted by molar-refractivity contribution is 5.97. The van der Waals surface area contributed by atoms with E-state index in [1.54, 1.807) is 11.0 Å². The predicted molar refractivity (Wildman–Crippen MR) is 102 cm³/mol. The van der Waals surface area contributed by atoms with E-state index in [4.69, 9.17) is 0 Å². The Balaban J connectivity index is 2.17. The number of nitrogens with zero attached hydrogens (tertiary/aromatic N) is 1. The van der Waals surface area contributed by atoms with Crippen LogP contribution in [0, 0.1) is 0 Å². The van der Waals surface area contributed by atoms with Crippen molar-refractivity contribution in [1.29, 1.82) is 0 Å². The lowest BCUT2D eigenvalue weighted by atomic mass is 10.1. The molecular weight excluding hydrogens is 294 g/mol. The molecule has 0 radical (unpaired) electrons. The minimum atomic E-state index is -0.0581. The molecule has 2 rings (SSSR count). The van der Waals surface area contributed by atoms with Crippen molar-refractivity contribution in [2.75, 3.05) is 6.54 Å². The summed E-state index contributed by atoms with van der Waals surface area (Å²) in [5.74, 6) is -0.0581. The monoisotopic (exact) mass is 317 g/mol. The molecule has 0 aromatic heterocycles. The lowest BCUT2D eigenvalue weighted by Gasteiger charge is -2.23. The molecule has 0 aliphatic rings. The van der Waals surface area contributed by atoms with E-state index in [1.807, 2.05) is 79.7 Å². The van der Waals surface area contributed by atoms with E-state index in [1.165, 1.54) is 0 Å². The van der Waals surface area contributed by atoms with Crippen LogP contribution in [-0.4, -0.2) is 17.4 Å². The van der Waals surface area contributed by atoms with Crippen molar-refractivity contribution in [3.05, 3.63) is 96.6 Å². The van der Waals surface area contributed by atoms with Crippen LogP contribution < -0.4 is 0 Å². The van der Waals surface area contributed by atoms with Crippen LogP contribution in [0.4, 0.5) is 0 Å². The first-order valence-corrected chi connectivity index (χ1v) is 8.12. The van der Waals surface area contributed by atoms with Crippen molar-refractivity contribution in [2.45, 2.75) is 13.3 Å². The Bertz CT molecular complexity index is 714. The zero-order chi connectivity index (χ0) is 17.2. The van der Waals surface area contributed by atoms with E-state index < -0.39 is 0 Å². The number of carbonyl (C=O) groups excluding carboxylic acids is 1.